The van der Waals surface area contributed by atoms with Gasteiger partial charge in [0, 0.05) is 32.6 Å². The van der Waals surface area contributed by atoms with Crippen LogP contribution in [0.5, 0.6) is 0 Å². The predicted octanol–water partition coefficient (Wildman–Crippen LogP) is 1.25. The third kappa shape index (κ3) is 9.03. The van der Waals surface area contributed by atoms with E-state index in [1.807, 2.05) is 20.8 Å². The van der Waals surface area contributed by atoms with Gasteiger partial charge < -0.3 is 31.1 Å². The van der Waals surface area contributed by atoms with E-state index in [1.54, 1.807) is 24.0 Å². The van der Waals surface area contributed by atoms with E-state index in [0.717, 1.165) is 44.9 Å². The predicted molar refractivity (Wildman–Crippen MR) is 157 cm³/mol. The molecule has 12 nitrogen and oxygen atoms in total. The highest BCUT2D eigenvalue weighted by atomic mass is 16.2. The summed E-state index contributed by atoms with van der Waals surface area (Å²) in [6, 6.07) is -2.61. The molecule has 0 aromatic rings. The van der Waals surface area contributed by atoms with Crippen LogP contribution in [-0.4, -0.2) is 96.1 Å². The fourth-order valence-corrected chi connectivity index (χ4v) is 5.77. The molecule has 0 spiro atoms. The highest BCUT2D eigenvalue weighted by molar-refractivity contribution is 6.37. The van der Waals surface area contributed by atoms with Gasteiger partial charge in [-0.3, -0.25) is 24.0 Å². The molecular formula is C30H48N6O6. The third-order valence-electron chi connectivity index (χ3n) is 8.37. The summed E-state index contributed by atoms with van der Waals surface area (Å²) in [6.45, 7) is 8.77. The molecule has 0 radical (unpaired) electrons. The Balaban J connectivity index is 1.70. The summed E-state index contributed by atoms with van der Waals surface area (Å²) in [5.74, 6) is -2.48. The maximum atomic E-state index is 13.9. The molecule has 1 aliphatic carbocycles. The average Bonchev–Trinajstić information content (AvgIpc) is 3.45. The van der Waals surface area contributed by atoms with Crippen LogP contribution in [0.1, 0.15) is 79.1 Å². The summed E-state index contributed by atoms with van der Waals surface area (Å²) in [5, 5.41) is 10.8. The van der Waals surface area contributed by atoms with Crippen molar-refractivity contribution in [2.24, 2.45) is 11.3 Å². The molecule has 3 aliphatic rings. The number of hydrogen-bond acceptors (Lipinski definition) is 6. The molecule has 4 N–H and O–H groups in total. The highest BCUT2D eigenvalue weighted by Gasteiger charge is 2.40. The molecule has 234 valence electrons. The highest BCUT2D eigenvalue weighted by Crippen LogP contribution is 2.29. The number of nitrogens with one attached hydrogen (secondary N) is 4. The lowest BCUT2D eigenvalue weighted by Gasteiger charge is -2.38. The molecule has 1 saturated heterocycles. The molecule has 2 heterocycles. The molecule has 0 aromatic carbocycles. The minimum Gasteiger partial charge on any atom is -0.350 e. The number of rotatable bonds is 11. The smallest absolute Gasteiger partial charge is 0.315 e. The van der Waals surface area contributed by atoms with Gasteiger partial charge in [0.15, 0.2) is 0 Å². The summed E-state index contributed by atoms with van der Waals surface area (Å²) in [6.07, 6.45) is 10.1. The Hall–Kier alpha value is -3.44. The van der Waals surface area contributed by atoms with Crippen LogP contribution in [0, 0.1) is 11.3 Å². The quantitative estimate of drug-likeness (QED) is 0.210. The summed E-state index contributed by atoms with van der Waals surface area (Å²) in [4.78, 5) is 79.8. The SMILES string of the molecule is CCNC(=O)C(=O)CNC(=O)[C@@H]1C=CCN1C(=O)[C@@H](NC(=O)N[C@H](CN1CCCCC1=O)C(C)(C)C)C1CCCCC1. The van der Waals surface area contributed by atoms with E-state index in [4.69, 9.17) is 0 Å². The average molecular weight is 589 g/mol. The van der Waals surface area contributed by atoms with Gasteiger partial charge in [0.1, 0.15) is 12.1 Å². The number of ketones is 1. The molecule has 0 bridgehead atoms. The second-order valence-corrected chi connectivity index (χ2v) is 12.6. The van der Waals surface area contributed by atoms with Gasteiger partial charge in [0.25, 0.3) is 5.91 Å². The Bertz CT molecular complexity index is 1050. The van der Waals surface area contributed by atoms with E-state index < -0.39 is 42.3 Å². The van der Waals surface area contributed by atoms with Crippen LogP contribution in [0.25, 0.3) is 0 Å². The lowest BCUT2D eigenvalue weighted by molar-refractivity contribution is -0.141. The molecule has 6 amide bonds. The largest absolute Gasteiger partial charge is 0.350 e. The molecule has 42 heavy (non-hydrogen) atoms. The van der Waals surface area contributed by atoms with Crippen molar-refractivity contribution in [1.29, 1.82) is 0 Å². The standard InChI is InChI=1S/C30H48N6O6/c1-5-31-27(40)22(37)18-32-26(39)21-14-11-17-36(21)28(41)25(20-12-7-6-8-13-20)34-29(42)33-23(30(2,3)4)19-35-16-10-9-15-24(35)38/h11,14,20-21,23,25H,5-10,12-13,15-19H2,1-4H3,(H,31,40)(H,32,39)(H2,33,34,42)/t21-,23+,25-/m0/s1. The number of carbonyl (C=O) groups is 6. The van der Waals surface area contributed by atoms with Crippen LogP contribution in [0.4, 0.5) is 4.79 Å². The van der Waals surface area contributed by atoms with E-state index in [2.05, 4.69) is 21.3 Å². The normalized spacial score (nSPS) is 21.0. The minimum absolute atomic E-state index is 0.0858. The first-order chi connectivity index (χ1) is 19.9. The monoisotopic (exact) mass is 588 g/mol. The van der Waals surface area contributed by atoms with Crippen LogP contribution in [-0.2, 0) is 24.0 Å². The minimum atomic E-state index is -0.956. The van der Waals surface area contributed by atoms with Crippen molar-refractivity contribution < 1.29 is 28.8 Å². The van der Waals surface area contributed by atoms with Crippen molar-refractivity contribution in [1.82, 2.24) is 31.1 Å². The zero-order valence-corrected chi connectivity index (χ0v) is 25.5. The Morgan fingerprint density at radius 3 is 2.33 bits per heavy atom. The number of urea groups is 1. The molecule has 2 fully saturated rings. The van der Waals surface area contributed by atoms with Gasteiger partial charge in [-0.15, -0.1) is 0 Å². The van der Waals surface area contributed by atoms with Crippen molar-refractivity contribution in [3.8, 4) is 0 Å². The van der Waals surface area contributed by atoms with Crippen LogP contribution in [0.2, 0.25) is 0 Å². The van der Waals surface area contributed by atoms with Crippen LogP contribution < -0.4 is 21.3 Å². The van der Waals surface area contributed by atoms with E-state index in [0.29, 0.717) is 26.1 Å². The van der Waals surface area contributed by atoms with Crippen molar-refractivity contribution in [2.75, 3.05) is 32.7 Å². The maximum absolute atomic E-state index is 13.9. The zero-order valence-electron chi connectivity index (χ0n) is 25.5. The number of carbonyl (C=O) groups excluding carboxylic acids is 6. The number of hydrogen-bond donors (Lipinski definition) is 4. The zero-order chi connectivity index (χ0) is 30.9. The van der Waals surface area contributed by atoms with E-state index in [1.165, 1.54) is 4.90 Å². The van der Waals surface area contributed by atoms with Gasteiger partial charge in [-0.1, -0.05) is 52.2 Å². The Morgan fingerprint density at radius 2 is 1.69 bits per heavy atom. The van der Waals surface area contributed by atoms with E-state index in [9.17, 15) is 28.8 Å². The number of Topliss-reactive ketones (excluding diaryl/α,β-unsaturated/α-hetero) is 1. The third-order valence-corrected chi connectivity index (χ3v) is 8.37. The lowest BCUT2D eigenvalue weighted by Crippen LogP contribution is -2.60. The molecule has 0 unspecified atom stereocenters. The summed E-state index contributed by atoms with van der Waals surface area (Å²) in [5.41, 5.74) is -0.340. The topological polar surface area (TPSA) is 157 Å². The number of amides is 6. The van der Waals surface area contributed by atoms with Crippen molar-refractivity contribution in [3.05, 3.63) is 12.2 Å². The molecule has 0 aromatic heterocycles. The number of likely N-dealkylation sites (tertiary alicyclic amines) is 1. The molecule has 2 aliphatic heterocycles. The number of piperidine rings is 1. The molecular weight excluding hydrogens is 540 g/mol. The molecule has 3 rings (SSSR count). The fraction of sp³-hybridized carbons (Fsp3) is 0.733. The second-order valence-electron chi connectivity index (χ2n) is 12.6. The lowest BCUT2D eigenvalue weighted by atomic mass is 9.83. The second kappa shape index (κ2) is 15.2. The van der Waals surface area contributed by atoms with Gasteiger partial charge in [-0.05, 0) is 43.9 Å². The van der Waals surface area contributed by atoms with Crippen molar-refractivity contribution in [3.63, 3.8) is 0 Å². The first-order valence-corrected chi connectivity index (χ1v) is 15.3. The van der Waals surface area contributed by atoms with Gasteiger partial charge >= 0.3 is 6.03 Å². The van der Waals surface area contributed by atoms with Crippen LogP contribution in [0.3, 0.4) is 0 Å². The van der Waals surface area contributed by atoms with Gasteiger partial charge in [0.05, 0.1) is 12.6 Å². The van der Waals surface area contributed by atoms with Gasteiger partial charge in [0.2, 0.25) is 23.5 Å². The number of likely N-dealkylation sites (N-methyl/N-ethyl adjacent to an activating group) is 1. The number of nitrogens with zero attached hydrogens (tertiary/aromatic N) is 2. The molecule has 12 heteroatoms. The van der Waals surface area contributed by atoms with Crippen LogP contribution in [0.15, 0.2) is 12.2 Å². The summed E-state index contributed by atoms with van der Waals surface area (Å²) in [7, 11) is 0. The fourth-order valence-electron chi connectivity index (χ4n) is 5.77. The van der Waals surface area contributed by atoms with Crippen molar-refractivity contribution in [2.45, 2.75) is 97.2 Å². The molecule has 3 atom stereocenters. The van der Waals surface area contributed by atoms with Crippen molar-refractivity contribution >= 4 is 35.4 Å². The summed E-state index contributed by atoms with van der Waals surface area (Å²) < 4.78 is 0. The van der Waals surface area contributed by atoms with Gasteiger partial charge in [-0.2, -0.15) is 0 Å². The van der Waals surface area contributed by atoms with E-state index >= 15 is 0 Å². The van der Waals surface area contributed by atoms with Gasteiger partial charge in [-0.25, -0.2) is 4.79 Å². The van der Waals surface area contributed by atoms with Crippen LogP contribution >= 0.6 is 0 Å². The Kier molecular flexibility index (Phi) is 11.9. The Morgan fingerprint density at radius 1 is 0.976 bits per heavy atom. The summed E-state index contributed by atoms with van der Waals surface area (Å²) >= 11 is 0. The Labute approximate surface area is 248 Å². The first-order valence-electron chi connectivity index (χ1n) is 15.3. The molecule has 1 saturated carbocycles. The van der Waals surface area contributed by atoms with E-state index in [-0.39, 0.29) is 35.7 Å². The first kappa shape index (κ1) is 33.1. The maximum Gasteiger partial charge on any atom is 0.315 e.